The molecule has 3 aromatic heterocycles. The minimum Gasteiger partial charge on any atom is -0.354 e. The van der Waals surface area contributed by atoms with Gasteiger partial charge in [-0.1, -0.05) is 0 Å². The van der Waals surface area contributed by atoms with Crippen molar-refractivity contribution < 1.29 is 13.2 Å². The molecule has 25 heavy (non-hydrogen) atoms. The zero-order valence-corrected chi connectivity index (χ0v) is 13.9. The number of halogens is 3. The molecule has 3 aromatic rings. The zero-order valence-electron chi connectivity index (χ0n) is 13.9. The first-order valence-electron chi connectivity index (χ1n) is 7.79. The molecule has 0 aromatic carbocycles. The fourth-order valence-electron chi connectivity index (χ4n) is 3.10. The number of alkyl halides is 3. The smallest absolute Gasteiger partial charge is 0.354 e. The van der Waals surface area contributed by atoms with Crippen LogP contribution in [0, 0.1) is 13.8 Å². The van der Waals surface area contributed by atoms with E-state index >= 15 is 0 Å². The molecule has 7 nitrogen and oxygen atoms in total. The van der Waals surface area contributed by atoms with E-state index in [0.29, 0.717) is 30.4 Å². The van der Waals surface area contributed by atoms with E-state index < -0.39 is 12.0 Å². The van der Waals surface area contributed by atoms with Gasteiger partial charge in [0, 0.05) is 43.4 Å². The Balaban J connectivity index is 1.69. The molecule has 1 saturated heterocycles. The van der Waals surface area contributed by atoms with Crippen molar-refractivity contribution >= 4 is 11.5 Å². The van der Waals surface area contributed by atoms with Crippen molar-refractivity contribution in [2.75, 3.05) is 18.0 Å². The molecule has 0 saturated carbocycles. The summed E-state index contributed by atoms with van der Waals surface area (Å²) in [5.74, 6) is -0.263. The van der Waals surface area contributed by atoms with Crippen LogP contribution in [-0.4, -0.2) is 42.7 Å². The lowest BCUT2D eigenvalue weighted by Crippen LogP contribution is -2.46. The number of anilines is 1. The molecule has 10 heteroatoms. The number of rotatable bonds is 2. The molecule has 1 aliphatic heterocycles. The predicted molar refractivity (Wildman–Crippen MR) is 83.4 cm³/mol. The molecule has 0 radical (unpaired) electrons. The Hall–Kier alpha value is -2.65. The van der Waals surface area contributed by atoms with Crippen molar-refractivity contribution in [3.05, 3.63) is 34.9 Å². The van der Waals surface area contributed by atoms with Gasteiger partial charge in [-0.25, -0.2) is 0 Å². The first kappa shape index (κ1) is 15.9. The quantitative estimate of drug-likeness (QED) is 0.707. The maximum atomic E-state index is 13.1. The van der Waals surface area contributed by atoms with E-state index in [1.165, 1.54) is 0 Å². The fraction of sp³-hybridized carbons (Fsp3) is 0.467. The lowest BCUT2D eigenvalue weighted by atomic mass is 9.93. The highest BCUT2D eigenvalue weighted by atomic mass is 19.4. The molecule has 1 aliphatic rings. The van der Waals surface area contributed by atoms with Gasteiger partial charge < -0.3 is 4.90 Å². The molecule has 0 N–H and O–H groups in total. The van der Waals surface area contributed by atoms with Crippen molar-refractivity contribution in [2.45, 2.75) is 25.9 Å². The van der Waals surface area contributed by atoms with E-state index in [0.717, 1.165) is 15.6 Å². The number of hydrogen-bond donors (Lipinski definition) is 0. The van der Waals surface area contributed by atoms with Crippen molar-refractivity contribution in [1.82, 2.24) is 29.6 Å². The van der Waals surface area contributed by atoms with Gasteiger partial charge in [-0.3, -0.25) is 4.68 Å². The first-order valence-corrected chi connectivity index (χ1v) is 7.79. The highest BCUT2D eigenvalue weighted by molar-refractivity contribution is 5.60. The van der Waals surface area contributed by atoms with Crippen molar-refractivity contribution in [1.29, 1.82) is 0 Å². The molecular formula is C15H16F3N7. The van der Waals surface area contributed by atoms with Gasteiger partial charge in [0.2, 0.25) is 0 Å². The normalized spacial score (nSPS) is 15.8. The third kappa shape index (κ3) is 2.43. The third-order valence-electron chi connectivity index (χ3n) is 4.70. The Bertz CT molecular complexity index is 950. The van der Waals surface area contributed by atoms with Gasteiger partial charge in [-0.2, -0.15) is 22.8 Å². The highest BCUT2D eigenvalue weighted by Crippen LogP contribution is 2.35. The summed E-state index contributed by atoms with van der Waals surface area (Å²) in [4.78, 5) is 1.97. The van der Waals surface area contributed by atoms with Gasteiger partial charge in [0.1, 0.15) is 0 Å². The summed E-state index contributed by atoms with van der Waals surface area (Å²) < 4.78 is 41.9. The van der Waals surface area contributed by atoms with Crippen LogP contribution in [-0.2, 0) is 13.2 Å². The second-order valence-electron chi connectivity index (χ2n) is 6.38. The van der Waals surface area contributed by atoms with E-state index in [1.54, 1.807) is 11.6 Å². The van der Waals surface area contributed by atoms with Crippen LogP contribution in [0.25, 0.3) is 5.65 Å². The minimum absolute atomic E-state index is 0.137. The van der Waals surface area contributed by atoms with E-state index in [9.17, 15) is 13.2 Å². The molecule has 0 atom stereocenters. The topological polar surface area (TPSA) is 64.1 Å². The summed E-state index contributed by atoms with van der Waals surface area (Å²) in [6.45, 7) is 4.96. The Morgan fingerprint density at radius 3 is 2.44 bits per heavy atom. The standard InChI is InChI=1S/C15H16F3N7/c1-8-9(2)13(22-25-12(8)20-21-14(25)15(16,17)18)24-6-11(7-24)10-4-19-23(3)5-10/h4-5,11H,6-7H2,1-3H3. The fourth-order valence-corrected chi connectivity index (χ4v) is 3.10. The number of hydrogen-bond acceptors (Lipinski definition) is 5. The van der Waals surface area contributed by atoms with Crippen LogP contribution in [0.5, 0.6) is 0 Å². The van der Waals surface area contributed by atoms with Gasteiger partial charge >= 0.3 is 6.18 Å². The monoisotopic (exact) mass is 351 g/mol. The number of aryl methyl sites for hydroxylation is 2. The summed E-state index contributed by atoms with van der Waals surface area (Å²) in [5.41, 5.74) is 2.73. The molecule has 4 heterocycles. The van der Waals surface area contributed by atoms with E-state index in [4.69, 9.17) is 0 Å². The largest absolute Gasteiger partial charge is 0.453 e. The van der Waals surface area contributed by atoms with Crippen LogP contribution in [0.4, 0.5) is 19.0 Å². The Labute approximate surface area is 141 Å². The van der Waals surface area contributed by atoms with Crippen LogP contribution >= 0.6 is 0 Å². The van der Waals surface area contributed by atoms with Gasteiger partial charge in [-0.05, 0) is 19.4 Å². The predicted octanol–water partition coefficient (Wildman–Crippen LogP) is 2.10. The molecule has 4 rings (SSSR count). The second-order valence-corrected chi connectivity index (χ2v) is 6.38. The highest BCUT2D eigenvalue weighted by Gasteiger charge is 2.39. The second kappa shape index (κ2) is 5.17. The van der Waals surface area contributed by atoms with E-state index in [1.807, 2.05) is 31.3 Å². The maximum absolute atomic E-state index is 13.1. The molecule has 0 spiro atoms. The summed E-state index contributed by atoms with van der Waals surface area (Å²) in [6, 6.07) is 0. The maximum Gasteiger partial charge on any atom is 0.453 e. The van der Waals surface area contributed by atoms with Crippen LogP contribution < -0.4 is 4.90 Å². The van der Waals surface area contributed by atoms with Gasteiger partial charge in [0.15, 0.2) is 11.5 Å². The molecular weight excluding hydrogens is 335 g/mol. The Kier molecular flexibility index (Phi) is 3.28. The number of aromatic nitrogens is 6. The lowest BCUT2D eigenvalue weighted by molar-refractivity contribution is -0.146. The molecule has 0 unspecified atom stereocenters. The van der Waals surface area contributed by atoms with Crippen molar-refractivity contribution in [3.63, 3.8) is 0 Å². The molecule has 1 fully saturated rings. The van der Waals surface area contributed by atoms with Gasteiger partial charge in [-0.15, -0.1) is 15.3 Å². The third-order valence-corrected chi connectivity index (χ3v) is 4.70. The van der Waals surface area contributed by atoms with Crippen molar-refractivity contribution in [2.24, 2.45) is 7.05 Å². The van der Waals surface area contributed by atoms with Crippen LogP contribution in [0.3, 0.4) is 0 Å². The molecule has 0 aliphatic carbocycles. The van der Waals surface area contributed by atoms with Crippen LogP contribution in [0.1, 0.15) is 28.4 Å². The van der Waals surface area contributed by atoms with Crippen LogP contribution in [0.2, 0.25) is 0 Å². The van der Waals surface area contributed by atoms with E-state index in [2.05, 4.69) is 20.4 Å². The van der Waals surface area contributed by atoms with Gasteiger partial charge in [0.25, 0.3) is 5.82 Å². The zero-order chi connectivity index (χ0) is 17.9. The Morgan fingerprint density at radius 1 is 1.12 bits per heavy atom. The lowest BCUT2D eigenvalue weighted by Gasteiger charge is -2.40. The molecule has 132 valence electrons. The molecule has 0 bridgehead atoms. The average molecular weight is 351 g/mol. The first-order chi connectivity index (χ1) is 11.8. The van der Waals surface area contributed by atoms with E-state index in [-0.39, 0.29) is 5.65 Å². The van der Waals surface area contributed by atoms with Gasteiger partial charge in [0.05, 0.1) is 6.20 Å². The molecule has 0 amide bonds. The number of fused-ring (bicyclic) bond motifs is 1. The summed E-state index contributed by atoms with van der Waals surface area (Å²) in [6.07, 6.45) is -0.824. The minimum atomic E-state index is -4.60. The Morgan fingerprint density at radius 2 is 1.84 bits per heavy atom. The average Bonchev–Trinajstić information content (AvgIpc) is 3.08. The number of nitrogens with zero attached hydrogens (tertiary/aromatic N) is 7. The summed E-state index contributed by atoms with van der Waals surface area (Å²) in [7, 11) is 1.85. The van der Waals surface area contributed by atoms with Crippen LogP contribution in [0.15, 0.2) is 12.4 Å². The summed E-state index contributed by atoms with van der Waals surface area (Å²) in [5, 5.41) is 15.3. The van der Waals surface area contributed by atoms with Crippen molar-refractivity contribution in [3.8, 4) is 0 Å². The summed E-state index contributed by atoms with van der Waals surface area (Å²) >= 11 is 0. The SMILES string of the molecule is Cc1c(N2CC(c3cnn(C)c3)C2)nn2c(C(F)(F)F)nnc2c1C.